The number of amides is 1. The van der Waals surface area contributed by atoms with Crippen LogP contribution in [0.25, 0.3) is 0 Å². The largest absolute Gasteiger partial charge is 0.355 e. The predicted octanol–water partition coefficient (Wildman–Crippen LogP) is 0.833. The Kier molecular flexibility index (Phi) is 6.52. The average Bonchev–Trinajstić information content (AvgIpc) is 2.75. The van der Waals surface area contributed by atoms with Crippen LogP contribution in [-0.2, 0) is 4.79 Å². The third kappa shape index (κ3) is 5.50. The smallest absolute Gasteiger partial charge is 0.233 e. The molecule has 0 aromatic carbocycles. The molecule has 1 amide bonds. The number of carbonyl (C=O) groups is 1. The summed E-state index contributed by atoms with van der Waals surface area (Å²) in [4.78, 5) is 13.9. The Morgan fingerprint density at radius 1 is 1.47 bits per heavy atom. The number of carbonyl (C=O) groups excluding carboxylic acids is 1. The van der Waals surface area contributed by atoms with Crippen LogP contribution in [-0.4, -0.2) is 49.6 Å². The third-order valence-electron chi connectivity index (χ3n) is 3.34. The molecule has 1 heterocycles. The molecule has 1 fully saturated rings. The summed E-state index contributed by atoms with van der Waals surface area (Å²) < 4.78 is 0. The Morgan fingerprint density at radius 3 is 2.82 bits per heavy atom. The van der Waals surface area contributed by atoms with Crippen LogP contribution in [0.3, 0.4) is 0 Å². The van der Waals surface area contributed by atoms with E-state index < -0.39 is 0 Å². The van der Waals surface area contributed by atoms with Gasteiger partial charge in [0.2, 0.25) is 5.91 Å². The minimum atomic E-state index is 0.116. The zero-order valence-electron chi connectivity index (χ0n) is 11.5. The Labute approximate surface area is 105 Å². The molecule has 0 aromatic heterocycles. The monoisotopic (exact) mass is 241 g/mol. The predicted molar refractivity (Wildman–Crippen MR) is 71.0 cm³/mol. The molecular weight excluding hydrogens is 214 g/mol. The highest BCUT2D eigenvalue weighted by molar-refractivity contribution is 5.77. The summed E-state index contributed by atoms with van der Waals surface area (Å²) in [5.41, 5.74) is 0. The summed E-state index contributed by atoms with van der Waals surface area (Å²) in [6.07, 6.45) is 2.25. The van der Waals surface area contributed by atoms with Crippen LogP contribution in [0.5, 0.6) is 0 Å². The molecule has 4 nitrogen and oxygen atoms in total. The number of nitrogens with one attached hydrogen (secondary N) is 2. The van der Waals surface area contributed by atoms with Crippen molar-refractivity contribution in [2.45, 2.75) is 39.7 Å². The van der Waals surface area contributed by atoms with E-state index in [-0.39, 0.29) is 5.91 Å². The maximum Gasteiger partial charge on any atom is 0.233 e. The quantitative estimate of drug-likeness (QED) is 0.694. The summed E-state index contributed by atoms with van der Waals surface area (Å²) in [6.45, 7) is 11.1. The SMILES string of the molecule is CCCNC(=O)CNCC1CCN(C(C)C)C1. The van der Waals surface area contributed by atoms with Crippen LogP contribution in [0.4, 0.5) is 0 Å². The van der Waals surface area contributed by atoms with E-state index in [2.05, 4.69) is 36.3 Å². The molecule has 0 saturated carbocycles. The molecule has 1 unspecified atom stereocenters. The van der Waals surface area contributed by atoms with Crippen molar-refractivity contribution >= 4 is 5.91 Å². The maximum atomic E-state index is 11.4. The van der Waals surface area contributed by atoms with Crippen molar-refractivity contribution < 1.29 is 4.79 Å². The Balaban J connectivity index is 2.06. The van der Waals surface area contributed by atoms with Crippen LogP contribution >= 0.6 is 0 Å². The van der Waals surface area contributed by atoms with Gasteiger partial charge >= 0.3 is 0 Å². The Morgan fingerprint density at radius 2 is 2.24 bits per heavy atom. The van der Waals surface area contributed by atoms with Crippen molar-refractivity contribution in [3.63, 3.8) is 0 Å². The first kappa shape index (κ1) is 14.5. The van der Waals surface area contributed by atoms with Crippen LogP contribution in [0.2, 0.25) is 0 Å². The standard InChI is InChI=1S/C13H27N3O/c1-4-6-15-13(17)9-14-8-12-5-7-16(10-12)11(2)3/h11-12,14H,4-10H2,1-3H3,(H,15,17). The van der Waals surface area contributed by atoms with Gasteiger partial charge < -0.3 is 15.5 Å². The highest BCUT2D eigenvalue weighted by Gasteiger charge is 2.23. The highest BCUT2D eigenvalue weighted by Crippen LogP contribution is 2.17. The molecule has 100 valence electrons. The molecule has 1 aliphatic heterocycles. The molecule has 0 spiro atoms. The Bertz CT molecular complexity index is 231. The number of nitrogens with zero attached hydrogens (tertiary/aromatic N) is 1. The van der Waals surface area contributed by atoms with Crippen molar-refractivity contribution in [2.75, 3.05) is 32.7 Å². The molecular formula is C13H27N3O. The molecule has 1 aliphatic rings. The van der Waals surface area contributed by atoms with Gasteiger partial charge in [0.25, 0.3) is 0 Å². The number of rotatable bonds is 7. The molecule has 17 heavy (non-hydrogen) atoms. The van der Waals surface area contributed by atoms with Gasteiger partial charge in [-0.05, 0) is 45.7 Å². The lowest BCUT2D eigenvalue weighted by Crippen LogP contribution is -2.37. The van der Waals surface area contributed by atoms with Crippen molar-refractivity contribution in [2.24, 2.45) is 5.92 Å². The van der Waals surface area contributed by atoms with E-state index in [1.54, 1.807) is 0 Å². The molecule has 0 radical (unpaired) electrons. The summed E-state index contributed by atoms with van der Waals surface area (Å²) in [6, 6.07) is 0.646. The highest BCUT2D eigenvalue weighted by atomic mass is 16.1. The fourth-order valence-electron chi connectivity index (χ4n) is 2.21. The Hall–Kier alpha value is -0.610. The summed E-state index contributed by atoms with van der Waals surface area (Å²) in [5, 5.41) is 6.13. The van der Waals surface area contributed by atoms with Gasteiger partial charge in [0.1, 0.15) is 0 Å². The second kappa shape index (κ2) is 7.67. The molecule has 1 atom stereocenters. The minimum Gasteiger partial charge on any atom is -0.355 e. The first-order valence-electron chi connectivity index (χ1n) is 6.85. The zero-order valence-corrected chi connectivity index (χ0v) is 11.5. The van der Waals surface area contributed by atoms with E-state index >= 15 is 0 Å². The third-order valence-corrected chi connectivity index (χ3v) is 3.34. The molecule has 0 aromatic rings. The fourth-order valence-corrected chi connectivity index (χ4v) is 2.21. The second-order valence-electron chi connectivity index (χ2n) is 5.22. The lowest BCUT2D eigenvalue weighted by Gasteiger charge is -2.20. The van der Waals surface area contributed by atoms with Gasteiger partial charge in [-0.15, -0.1) is 0 Å². The molecule has 1 rings (SSSR count). The van der Waals surface area contributed by atoms with Gasteiger partial charge in [-0.25, -0.2) is 0 Å². The fraction of sp³-hybridized carbons (Fsp3) is 0.923. The van der Waals surface area contributed by atoms with Gasteiger partial charge in [-0.3, -0.25) is 4.79 Å². The van der Waals surface area contributed by atoms with Crippen LogP contribution in [0.1, 0.15) is 33.6 Å². The summed E-state index contributed by atoms with van der Waals surface area (Å²) >= 11 is 0. The molecule has 2 N–H and O–H groups in total. The van der Waals surface area contributed by atoms with Crippen molar-refractivity contribution in [3.8, 4) is 0 Å². The topological polar surface area (TPSA) is 44.4 Å². The van der Waals surface area contributed by atoms with E-state index in [0.717, 1.165) is 19.5 Å². The zero-order chi connectivity index (χ0) is 12.7. The number of hydrogen-bond donors (Lipinski definition) is 2. The van der Waals surface area contributed by atoms with E-state index in [0.29, 0.717) is 18.5 Å². The van der Waals surface area contributed by atoms with Gasteiger partial charge in [0.15, 0.2) is 0 Å². The first-order valence-corrected chi connectivity index (χ1v) is 6.85. The maximum absolute atomic E-state index is 11.4. The minimum absolute atomic E-state index is 0.116. The van der Waals surface area contributed by atoms with Crippen molar-refractivity contribution in [3.05, 3.63) is 0 Å². The van der Waals surface area contributed by atoms with E-state index in [1.165, 1.54) is 19.5 Å². The average molecular weight is 241 g/mol. The summed E-state index contributed by atoms with van der Waals surface area (Å²) in [7, 11) is 0. The van der Waals surface area contributed by atoms with Gasteiger partial charge in [0, 0.05) is 19.1 Å². The van der Waals surface area contributed by atoms with Crippen molar-refractivity contribution in [1.82, 2.24) is 15.5 Å². The van der Waals surface area contributed by atoms with Crippen LogP contribution in [0, 0.1) is 5.92 Å². The number of hydrogen-bond acceptors (Lipinski definition) is 3. The lowest BCUT2D eigenvalue weighted by molar-refractivity contribution is -0.120. The first-order chi connectivity index (χ1) is 8.13. The molecule has 0 bridgehead atoms. The van der Waals surface area contributed by atoms with Crippen LogP contribution < -0.4 is 10.6 Å². The second-order valence-corrected chi connectivity index (χ2v) is 5.22. The summed E-state index contributed by atoms with van der Waals surface area (Å²) in [5.74, 6) is 0.821. The molecule has 1 saturated heterocycles. The molecule has 4 heteroatoms. The van der Waals surface area contributed by atoms with Crippen molar-refractivity contribution in [1.29, 1.82) is 0 Å². The van der Waals surface area contributed by atoms with Gasteiger partial charge in [-0.2, -0.15) is 0 Å². The normalized spacial score (nSPS) is 21.1. The van der Waals surface area contributed by atoms with Gasteiger partial charge in [-0.1, -0.05) is 6.92 Å². The molecule has 0 aliphatic carbocycles. The van der Waals surface area contributed by atoms with Crippen LogP contribution in [0.15, 0.2) is 0 Å². The lowest BCUT2D eigenvalue weighted by atomic mass is 10.1. The van der Waals surface area contributed by atoms with E-state index in [9.17, 15) is 4.79 Å². The van der Waals surface area contributed by atoms with E-state index in [4.69, 9.17) is 0 Å². The van der Waals surface area contributed by atoms with E-state index in [1.807, 2.05) is 0 Å². The number of likely N-dealkylation sites (tertiary alicyclic amines) is 1. The van der Waals surface area contributed by atoms with Gasteiger partial charge in [0.05, 0.1) is 6.54 Å².